The Labute approximate surface area is 263 Å². The Balaban J connectivity index is 1.32. The molecule has 2 amide bonds. The first kappa shape index (κ1) is 28.2. The Morgan fingerprint density at radius 3 is 2.36 bits per heavy atom. The molecule has 8 heteroatoms. The summed E-state index contributed by atoms with van der Waals surface area (Å²) in [5, 5.41) is 14.0. The van der Waals surface area contributed by atoms with Crippen molar-refractivity contribution < 1.29 is 4.79 Å². The molecule has 0 unspecified atom stereocenters. The number of carbonyl (C=O) groups is 1. The fourth-order valence-corrected chi connectivity index (χ4v) is 6.66. The van der Waals surface area contributed by atoms with Gasteiger partial charge >= 0.3 is 6.03 Å². The highest BCUT2D eigenvalue weighted by molar-refractivity contribution is 6.31. The summed E-state index contributed by atoms with van der Waals surface area (Å²) in [7, 11) is 0. The minimum absolute atomic E-state index is 0.218. The van der Waals surface area contributed by atoms with Gasteiger partial charge in [0.15, 0.2) is 5.96 Å². The summed E-state index contributed by atoms with van der Waals surface area (Å²) >= 11 is 6.88. The quantitative estimate of drug-likeness (QED) is 0.233. The van der Waals surface area contributed by atoms with Crippen molar-refractivity contribution in [3.63, 3.8) is 0 Å². The zero-order valence-electron chi connectivity index (χ0n) is 24.5. The van der Waals surface area contributed by atoms with Gasteiger partial charge in [-0.15, -0.1) is 0 Å². The molecule has 2 N–H and O–H groups in total. The molecule has 1 aliphatic carbocycles. The van der Waals surface area contributed by atoms with Crippen LogP contribution >= 0.6 is 11.6 Å². The van der Waals surface area contributed by atoms with Crippen molar-refractivity contribution in [2.45, 2.75) is 38.6 Å². The smallest absolute Gasteiger partial charge is 0.349 e. The number of urea groups is 1. The predicted molar refractivity (Wildman–Crippen MR) is 180 cm³/mol. The second kappa shape index (κ2) is 12.5. The summed E-state index contributed by atoms with van der Waals surface area (Å²) < 4.78 is 0. The minimum Gasteiger partial charge on any atom is -0.354 e. The molecule has 222 valence electrons. The summed E-state index contributed by atoms with van der Waals surface area (Å²) in [4.78, 5) is 20.9. The number of halogens is 1. The van der Waals surface area contributed by atoms with E-state index in [9.17, 15) is 4.79 Å². The number of benzene rings is 4. The number of nitrogens with zero attached hydrogens (tertiary/aromatic N) is 4. The molecule has 2 aliphatic heterocycles. The number of rotatable bonds is 6. The van der Waals surface area contributed by atoms with E-state index in [4.69, 9.17) is 16.7 Å². The van der Waals surface area contributed by atoms with Crippen LogP contribution in [0.15, 0.2) is 107 Å². The van der Waals surface area contributed by atoms with Gasteiger partial charge in [-0.05, 0) is 60.4 Å². The highest BCUT2D eigenvalue weighted by Gasteiger charge is 2.34. The first-order valence-corrected chi connectivity index (χ1v) is 15.8. The molecule has 1 fully saturated rings. The van der Waals surface area contributed by atoms with Crippen molar-refractivity contribution >= 4 is 46.4 Å². The number of hydrazone groups is 1. The second-order valence-corrected chi connectivity index (χ2v) is 11.9. The van der Waals surface area contributed by atoms with E-state index in [0.29, 0.717) is 5.02 Å². The third kappa shape index (κ3) is 5.67. The average Bonchev–Trinajstić information content (AvgIpc) is 3.55. The standard InChI is InChI=1S/C36H35ClN6O/c37-32-16-9-15-29(25-10-3-1-4-11-25)31(32)24-42-36(44)43(28-20-18-27(19-21-28)40-35-38-22-23-39-35)33-17-8-7-14-30(33)34(41-42)26-12-5-2-6-13-26/h1,3-4,7-11,14-21,26H,2,5-6,12-13,22-24H2,(H2,38,39,40). The van der Waals surface area contributed by atoms with Crippen molar-refractivity contribution in [3.8, 4) is 11.1 Å². The van der Waals surface area contributed by atoms with Gasteiger partial charge in [-0.2, -0.15) is 5.10 Å². The number of hydrogen-bond acceptors (Lipinski definition) is 5. The molecule has 2 heterocycles. The van der Waals surface area contributed by atoms with E-state index < -0.39 is 0 Å². The summed E-state index contributed by atoms with van der Waals surface area (Å²) in [5.41, 5.74) is 7.40. The molecule has 4 aromatic rings. The average molecular weight is 603 g/mol. The molecule has 4 aromatic carbocycles. The molecule has 0 saturated heterocycles. The minimum atomic E-state index is -0.218. The highest BCUT2D eigenvalue weighted by Crippen LogP contribution is 2.39. The third-order valence-electron chi connectivity index (χ3n) is 8.63. The van der Waals surface area contributed by atoms with Crippen LogP contribution in [0.2, 0.25) is 5.02 Å². The number of amides is 2. The van der Waals surface area contributed by atoms with Crippen LogP contribution in [0.3, 0.4) is 0 Å². The van der Waals surface area contributed by atoms with Gasteiger partial charge in [0.25, 0.3) is 0 Å². The molecule has 0 aromatic heterocycles. The lowest BCUT2D eigenvalue weighted by atomic mass is 9.83. The third-order valence-corrected chi connectivity index (χ3v) is 8.98. The lowest BCUT2D eigenvalue weighted by Gasteiger charge is -2.27. The molecule has 3 aliphatic rings. The van der Waals surface area contributed by atoms with E-state index >= 15 is 0 Å². The zero-order chi connectivity index (χ0) is 29.9. The topological polar surface area (TPSA) is 72.3 Å². The van der Waals surface area contributed by atoms with Gasteiger partial charge in [0.05, 0.1) is 30.2 Å². The number of nitrogens with one attached hydrogen (secondary N) is 2. The molecule has 0 spiro atoms. The first-order chi connectivity index (χ1) is 21.7. The fourth-order valence-electron chi connectivity index (χ4n) is 6.43. The maximum Gasteiger partial charge on any atom is 0.349 e. The van der Waals surface area contributed by atoms with Gasteiger partial charge in [-0.25, -0.2) is 9.80 Å². The van der Waals surface area contributed by atoms with Crippen molar-refractivity contribution in [2.24, 2.45) is 16.0 Å². The predicted octanol–water partition coefficient (Wildman–Crippen LogP) is 8.44. The van der Waals surface area contributed by atoms with Gasteiger partial charge in [0.1, 0.15) is 0 Å². The number of guanidine groups is 1. The Bertz CT molecular complexity index is 1710. The van der Waals surface area contributed by atoms with Gasteiger partial charge in [0, 0.05) is 34.3 Å². The van der Waals surface area contributed by atoms with Crippen LogP contribution in [0.4, 0.5) is 21.9 Å². The van der Waals surface area contributed by atoms with Gasteiger partial charge < -0.3 is 10.6 Å². The molecule has 0 atom stereocenters. The van der Waals surface area contributed by atoms with Gasteiger partial charge in [0.2, 0.25) is 0 Å². The van der Waals surface area contributed by atoms with Crippen LogP contribution in [0.5, 0.6) is 0 Å². The van der Waals surface area contributed by atoms with E-state index in [2.05, 4.69) is 39.9 Å². The zero-order valence-corrected chi connectivity index (χ0v) is 25.3. The number of hydrogen-bond donors (Lipinski definition) is 2. The second-order valence-electron chi connectivity index (χ2n) is 11.5. The highest BCUT2D eigenvalue weighted by atomic mass is 35.5. The lowest BCUT2D eigenvalue weighted by molar-refractivity contribution is 0.207. The molecular weight excluding hydrogens is 568 g/mol. The Kier molecular flexibility index (Phi) is 8.03. The summed E-state index contributed by atoms with van der Waals surface area (Å²) in [6.45, 7) is 1.83. The van der Waals surface area contributed by atoms with Crippen molar-refractivity contribution in [2.75, 3.05) is 23.3 Å². The van der Waals surface area contributed by atoms with Gasteiger partial charge in [-0.3, -0.25) is 9.89 Å². The Morgan fingerprint density at radius 2 is 1.59 bits per heavy atom. The van der Waals surface area contributed by atoms with E-state index in [1.54, 1.807) is 9.91 Å². The lowest BCUT2D eigenvalue weighted by Crippen LogP contribution is -2.37. The van der Waals surface area contributed by atoms with Crippen LogP contribution in [0.25, 0.3) is 11.1 Å². The summed E-state index contributed by atoms with van der Waals surface area (Å²) in [6, 6.07) is 31.9. The van der Waals surface area contributed by atoms with Crippen LogP contribution in [-0.4, -0.2) is 35.8 Å². The molecular formula is C36H35ClN6O. The maximum atomic E-state index is 14.7. The SMILES string of the molecule is O=C1N(Cc2c(Cl)cccc2-c2ccccc2)N=C(C2CCCCC2)c2ccccc2N1c1ccc(NC2=NCCN2)cc1. The molecule has 7 rings (SSSR count). The van der Waals surface area contributed by atoms with Crippen LogP contribution in [0, 0.1) is 5.92 Å². The van der Waals surface area contributed by atoms with Crippen molar-refractivity contribution in [1.82, 2.24) is 10.3 Å². The normalized spacial score (nSPS) is 17.0. The summed E-state index contributed by atoms with van der Waals surface area (Å²) in [6.07, 6.45) is 5.70. The van der Waals surface area contributed by atoms with Crippen molar-refractivity contribution in [3.05, 3.63) is 113 Å². The first-order valence-electron chi connectivity index (χ1n) is 15.4. The van der Waals surface area contributed by atoms with Crippen molar-refractivity contribution in [1.29, 1.82) is 0 Å². The van der Waals surface area contributed by atoms with Crippen LogP contribution in [-0.2, 0) is 6.54 Å². The Hall–Kier alpha value is -4.62. The van der Waals surface area contributed by atoms with Crippen LogP contribution in [0.1, 0.15) is 43.2 Å². The molecule has 44 heavy (non-hydrogen) atoms. The van der Waals surface area contributed by atoms with Gasteiger partial charge in [-0.1, -0.05) is 91.5 Å². The number of anilines is 3. The fraction of sp³-hybridized carbons (Fsp3) is 0.250. The number of carbonyl (C=O) groups excluding carboxylic acids is 1. The van der Waals surface area contributed by atoms with E-state index in [1.807, 2.05) is 72.8 Å². The van der Waals surface area contributed by atoms with E-state index in [1.165, 1.54) is 19.3 Å². The van der Waals surface area contributed by atoms with Crippen LogP contribution < -0.4 is 15.5 Å². The maximum absolute atomic E-state index is 14.7. The van der Waals surface area contributed by atoms with E-state index in [-0.39, 0.29) is 18.5 Å². The molecule has 7 nitrogen and oxygen atoms in total. The number of aliphatic imine (C=N–C) groups is 1. The number of para-hydroxylation sites is 1. The summed E-state index contributed by atoms with van der Waals surface area (Å²) in [5.74, 6) is 1.05. The molecule has 1 saturated carbocycles. The largest absolute Gasteiger partial charge is 0.354 e. The number of fused-ring (bicyclic) bond motifs is 1. The molecule has 0 bridgehead atoms. The molecule has 0 radical (unpaired) electrons. The Morgan fingerprint density at radius 1 is 0.841 bits per heavy atom. The monoisotopic (exact) mass is 602 g/mol. The van der Waals surface area contributed by atoms with E-state index in [0.717, 1.165) is 76.9 Å².